The lowest BCUT2D eigenvalue weighted by molar-refractivity contribution is 0.112. The molecule has 3 heteroatoms. The van der Waals surface area contributed by atoms with Crippen molar-refractivity contribution in [1.29, 1.82) is 0 Å². The highest BCUT2D eigenvalue weighted by Gasteiger charge is 2.06. The van der Waals surface area contributed by atoms with E-state index in [-0.39, 0.29) is 0 Å². The molecule has 1 aromatic heterocycles. The first kappa shape index (κ1) is 11.5. The molecule has 0 spiro atoms. The molecule has 94 valence electrons. The molecule has 19 heavy (non-hydrogen) atoms. The van der Waals surface area contributed by atoms with E-state index >= 15 is 0 Å². The maximum Gasteiger partial charge on any atom is 0.166 e. The summed E-state index contributed by atoms with van der Waals surface area (Å²) in [7, 11) is 0. The minimum Gasteiger partial charge on any atom is -0.488 e. The Morgan fingerprint density at radius 3 is 2.68 bits per heavy atom. The van der Waals surface area contributed by atoms with Crippen molar-refractivity contribution in [3.63, 3.8) is 0 Å². The van der Waals surface area contributed by atoms with Crippen LogP contribution in [0, 0.1) is 0 Å². The minimum absolute atomic E-state index is 0.515. The number of aromatic amines is 1. The normalized spacial score (nSPS) is 10.5. The molecule has 0 fully saturated rings. The minimum atomic E-state index is 0.515. The van der Waals surface area contributed by atoms with Gasteiger partial charge in [0.15, 0.2) is 6.29 Å². The first-order valence-corrected chi connectivity index (χ1v) is 6.10. The average molecular weight is 251 g/mol. The number of hydrogen-bond donors (Lipinski definition) is 1. The number of aldehydes is 1. The van der Waals surface area contributed by atoms with Crippen LogP contribution >= 0.6 is 0 Å². The summed E-state index contributed by atoms with van der Waals surface area (Å²) in [4.78, 5) is 13.8. The van der Waals surface area contributed by atoms with Crippen molar-refractivity contribution in [1.82, 2.24) is 4.98 Å². The van der Waals surface area contributed by atoms with Crippen molar-refractivity contribution >= 4 is 17.2 Å². The molecule has 0 aliphatic carbocycles. The lowest BCUT2D eigenvalue weighted by atomic mass is 10.2. The van der Waals surface area contributed by atoms with E-state index in [1.807, 2.05) is 54.6 Å². The summed E-state index contributed by atoms with van der Waals surface area (Å²) >= 11 is 0. The summed E-state index contributed by atoms with van der Waals surface area (Å²) in [6.45, 7) is 0.515. The molecule has 3 rings (SSSR count). The van der Waals surface area contributed by atoms with Gasteiger partial charge in [0.1, 0.15) is 12.4 Å². The maximum absolute atomic E-state index is 10.8. The average Bonchev–Trinajstić information content (AvgIpc) is 2.90. The van der Waals surface area contributed by atoms with Crippen LogP contribution in [0.25, 0.3) is 10.9 Å². The number of fused-ring (bicyclic) bond motifs is 1. The van der Waals surface area contributed by atoms with Crippen molar-refractivity contribution in [3.05, 3.63) is 65.9 Å². The second kappa shape index (κ2) is 4.98. The Kier molecular flexibility index (Phi) is 3.02. The number of hydrogen-bond acceptors (Lipinski definition) is 2. The van der Waals surface area contributed by atoms with E-state index < -0.39 is 0 Å². The quantitative estimate of drug-likeness (QED) is 0.720. The standard InChI is InChI=1S/C16H13NO2/c18-10-13-9-14-15(17-13)7-4-8-16(14)19-11-12-5-2-1-3-6-12/h1-10,17H,11H2. The molecule has 0 aliphatic heterocycles. The molecular weight excluding hydrogens is 238 g/mol. The Bertz CT molecular complexity index is 701. The number of aromatic nitrogens is 1. The smallest absolute Gasteiger partial charge is 0.166 e. The van der Waals surface area contributed by atoms with Crippen LogP contribution in [0.5, 0.6) is 5.75 Å². The number of benzene rings is 2. The van der Waals surface area contributed by atoms with E-state index in [1.165, 1.54) is 0 Å². The Labute approximate surface area is 110 Å². The summed E-state index contributed by atoms with van der Waals surface area (Å²) in [5, 5.41) is 0.931. The Balaban J connectivity index is 1.88. The van der Waals surface area contributed by atoms with E-state index in [1.54, 1.807) is 0 Å². The number of ether oxygens (including phenoxy) is 1. The van der Waals surface area contributed by atoms with Gasteiger partial charge >= 0.3 is 0 Å². The van der Waals surface area contributed by atoms with Crippen LogP contribution in [0.15, 0.2) is 54.6 Å². The second-order valence-electron chi connectivity index (χ2n) is 4.33. The van der Waals surface area contributed by atoms with Crippen LogP contribution in [0.3, 0.4) is 0 Å². The lowest BCUT2D eigenvalue weighted by Crippen LogP contribution is -1.94. The lowest BCUT2D eigenvalue weighted by Gasteiger charge is -2.07. The number of nitrogens with one attached hydrogen (secondary N) is 1. The predicted molar refractivity (Wildman–Crippen MR) is 74.5 cm³/mol. The van der Waals surface area contributed by atoms with Gasteiger partial charge in [0.2, 0.25) is 0 Å². The Morgan fingerprint density at radius 2 is 1.89 bits per heavy atom. The van der Waals surface area contributed by atoms with Crippen molar-refractivity contribution in [2.24, 2.45) is 0 Å². The van der Waals surface area contributed by atoms with Crippen LogP contribution in [0.4, 0.5) is 0 Å². The van der Waals surface area contributed by atoms with Gasteiger partial charge in [0, 0.05) is 10.9 Å². The van der Waals surface area contributed by atoms with Gasteiger partial charge in [0.25, 0.3) is 0 Å². The van der Waals surface area contributed by atoms with Gasteiger partial charge in [-0.15, -0.1) is 0 Å². The summed E-state index contributed by atoms with van der Waals surface area (Å²) in [5.41, 5.74) is 2.59. The van der Waals surface area contributed by atoms with Crippen LogP contribution < -0.4 is 4.74 Å². The Morgan fingerprint density at radius 1 is 1.05 bits per heavy atom. The van der Waals surface area contributed by atoms with Crippen molar-refractivity contribution < 1.29 is 9.53 Å². The molecule has 0 amide bonds. The molecule has 0 radical (unpaired) electrons. The molecule has 0 bridgehead atoms. The van der Waals surface area contributed by atoms with Gasteiger partial charge in [-0.1, -0.05) is 36.4 Å². The third-order valence-electron chi connectivity index (χ3n) is 3.01. The molecule has 1 N–H and O–H groups in total. The molecule has 3 aromatic rings. The zero-order valence-corrected chi connectivity index (χ0v) is 10.3. The van der Waals surface area contributed by atoms with E-state index in [4.69, 9.17) is 4.74 Å². The molecule has 3 nitrogen and oxygen atoms in total. The second-order valence-corrected chi connectivity index (χ2v) is 4.33. The molecule has 0 saturated heterocycles. The Hall–Kier alpha value is -2.55. The SMILES string of the molecule is O=Cc1cc2c(OCc3ccccc3)cccc2[nH]1. The fourth-order valence-corrected chi connectivity index (χ4v) is 2.07. The summed E-state index contributed by atoms with van der Waals surface area (Å²) in [6.07, 6.45) is 0.807. The van der Waals surface area contributed by atoms with Gasteiger partial charge in [-0.05, 0) is 23.8 Å². The largest absolute Gasteiger partial charge is 0.488 e. The van der Waals surface area contributed by atoms with Gasteiger partial charge in [-0.3, -0.25) is 4.79 Å². The highest BCUT2D eigenvalue weighted by atomic mass is 16.5. The number of carbonyl (C=O) groups is 1. The summed E-state index contributed by atoms with van der Waals surface area (Å²) in [5.74, 6) is 0.783. The first-order valence-electron chi connectivity index (χ1n) is 6.10. The highest BCUT2D eigenvalue weighted by Crippen LogP contribution is 2.26. The zero-order valence-electron chi connectivity index (χ0n) is 10.3. The number of carbonyl (C=O) groups excluding carboxylic acids is 1. The molecule has 0 unspecified atom stereocenters. The van der Waals surface area contributed by atoms with Gasteiger partial charge in [-0.25, -0.2) is 0 Å². The fraction of sp³-hybridized carbons (Fsp3) is 0.0625. The maximum atomic E-state index is 10.8. The highest BCUT2D eigenvalue weighted by molar-refractivity contribution is 5.91. The third-order valence-corrected chi connectivity index (χ3v) is 3.01. The van der Waals surface area contributed by atoms with Crippen molar-refractivity contribution in [3.8, 4) is 5.75 Å². The fourth-order valence-electron chi connectivity index (χ4n) is 2.07. The van der Waals surface area contributed by atoms with Crippen LogP contribution in [0.2, 0.25) is 0 Å². The number of rotatable bonds is 4. The monoisotopic (exact) mass is 251 g/mol. The van der Waals surface area contributed by atoms with E-state index in [2.05, 4.69) is 4.98 Å². The predicted octanol–water partition coefficient (Wildman–Crippen LogP) is 3.56. The molecular formula is C16H13NO2. The van der Waals surface area contributed by atoms with Crippen LogP contribution in [0.1, 0.15) is 16.1 Å². The summed E-state index contributed by atoms with van der Waals surface area (Å²) < 4.78 is 5.83. The van der Waals surface area contributed by atoms with E-state index in [0.717, 1.165) is 28.5 Å². The molecule has 2 aromatic carbocycles. The van der Waals surface area contributed by atoms with E-state index in [0.29, 0.717) is 12.3 Å². The third kappa shape index (κ3) is 2.36. The van der Waals surface area contributed by atoms with Crippen molar-refractivity contribution in [2.45, 2.75) is 6.61 Å². The number of H-pyrrole nitrogens is 1. The summed E-state index contributed by atoms with van der Waals surface area (Å²) in [6, 6.07) is 17.6. The van der Waals surface area contributed by atoms with Crippen molar-refractivity contribution in [2.75, 3.05) is 0 Å². The van der Waals surface area contributed by atoms with Gasteiger partial charge in [-0.2, -0.15) is 0 Å². The van der Waals surface area contributed by atoms with E-state index in [9.17, 15) is 4.79 Å². The van der Waals surface area contributed by atoms with Gasteiger partial charge < -0.3 is 9.72 Å². The topological polar surface area (TPSA) is 42.1 Å². The first-order chi connectivity index (χ1) is 9.36. The zero-order chi connectivity index (χ0) is 13.1. The van der Waals surface area contributed by atoms with Crippen LogP contribution in [-0.4, -0.2) is 11.3 Å². The molecule has 0 aliphatic rings. The molecule has 1 heterocycles. The molecule has 0 atom stereocenters. The van der Waals surface area contributed by atoms with Crippen LogP contribution in [-0.2, 0) is 6.61 Å². The molecule has 0 saturated carbocycles. The van der Waals surface area contributed by atoms with Gasteiger partial charge in [0.05, 0.1) is 5.69 Å².